The zero-order chi connectivity index (χ0) is 9.61. The number of alkyl halides is 1. The lowest BCUT2D eigenvalue weighted by atomic mass is 9.87. The molecule has 1 atom stereocenters. The summed E-state index contributed by atoms with van der Waals surface area (Å²) in [5, 5.41) is 0. The third-order valence-electron chi connectivity index (χ3n) is 2.07. The van der Waals surface area contributed by atoms with Crippen LogP contribution in [0.2, 0.25) is 0 Å². The first kappa shape index (κ1) is 11.8. The molecule has 1 unspecified atom stereocenters. The maximum Gasteiger partial charge on any atom is 0.0311 e. The number of allylic oxidation sites excluding steroid dienone is 3. The fourth-order valence-electron chi connectivity index (χ4n) is 0.914. The van der Waals surface area contributed by atoms with Gasteiger partial charge in [0.05, 0.1) is 0 Å². The molecule has 0 radical (unpaired) electrons. The van der Waals surface area contributed by atoms with E-state index in [-0.39, 0.29) is 5.41 Å². The molecule has 0 saturated carbocycles. The van der Waals surface area contributed by atoms with Crippen molar-refractivity contribution in [3.05, 3.63) is 24.3 Å². The molecule has 0 bridgehead atoms. The minimum Gasteiger partial charge on any atom is -0.126 e. The average Bonchev–Trinajstić information content (AvgIpc) is 2.03. The molecule has 0 aliphatic carbocycles. The van der Waals surface area contributed by atoms with Crippen molar-refractivity contribution in [1.82, 2.24) is 0 Å². The van der Waals surface area contributed by atoms with Gasteiger partial charge < -0.3 is 0 Å². The Bertz CT molecular complexity index is 166. The molecule has 0 aromatic carbocycles. The highest BCUT2D eigenvalue weighted by Gasteiger charge is 2.17. The van der Waals surface area contributed by atoms with Crippen LogP contribution in [0.1, 0.15) is 33.6 Å². The summed E-state index contributed by atoms with van der Waals surface area (Å²) in [5.41, 5.74) is 1.48. The summed E-state index contributed by atoms with van der Waals surface area (Å²) in [6.45, 7) is 10.2. The fraction of sp³-hybridized carbons (Fsp3) is 0.636. The Morgan fingerprint density at radius 2 is 2.08 bits per heavy atom. The third kappa shape index (κ3) is 4.61. The Kier molecular flexibility index (Phi) is 5.32. The standard InChI is InChI=1S/C11H19Cl/c1-5-11(4,9-12)8-6-7-10(2)3/h5,7H,1,6,8-9H2,2-4H3. The largest absolute Gasteiger partial charge is 0.126 e. The van der Waals surface area contributed by atoms with E-state index in [4.69, 9.17) is 11.6 Å². The van der Waals surface area contributed by atoms with Crippen LogP contribution in [-0.2, 0) is 0 Å². The first-order chi connectivity index (χ1) is 5.54. The van der Waals surface area contributed by atoms with Crippen molar-refractivity contribution in [2.45, 2.75) is 33.6 Å². The highest BCUT2D eigenvalue weighted by molar-refractivity contribution is 6.18. The van der Waals surface area contributed by atoms with Gasteiger partial charge in [0.1, 0.15) is 0 Å². The van der Waals surface area contributed by atoms with E-state index in [1.807, 2.05) is 6.08 Å². The summed E-state index contributed by atoms with van der Waals surface area (Å²) in [6.07, 6.45) is 6.38. The maximum absolute atomic E-state index is 5.83. The van der Waals surface area contributed by atoms with Gasteiger partial charge in [-0.1, -0.05) is 24.6 Å². The van der Waals surface area contributed by atoms with Crippen molar-refractivity contribution < 1.29 is 0 Å². The monoisotopic (exact) mass is 186 g/mol. The van der Waals surface area contributed by atoms with Gasteiger partial charge in [0.25, 0.3) is 0 Å². The second-order valence-corrected chi connectivity index (χ2v) is 4.08. The van der Waals surface area contributed by atoms with Crippen LogP contribution in [-0.4, -0.2) is 5.88 Å². The zero-order valence-electron chi connectivity index (χ0n) is 8.36. The molecule has 0 saturated heterocycles. The van der Waals surface area contributed by atoms with E-state index >= 15 is 0 Å². The van der Waals surface area contributed by atoms with Crippen LogP contribution in [0.3, 0.4) is 0 Å². The Morgan fingerprint density at radius 1 is 1.50 bits per heavy atom. The topological polar surface area (TPSA) is 0 Å². The summed E-state index contributed by atoms with van der Waals surface area (Å²) < 4.78 is 0. The van der Waals surface area contributed by atoms with Crippen LogP contribution < -0.4 is 0 Å². The molecule has 0 aliphatic rings. The zero-order valence-corrected chi connectivity index (χ0v) is 9.12. The first-order valence-electron chi connectivity index (χ1n) is 4.37. The van der Waals surface area contributed by atoms with Crippen LogP contribution in [0.4, 0.5) is 0 Å². The van der Waals surface area contributed by atoms with Gasteiger partial charge in [-0.25, -0.2) is 0 Å². The van der Waals surface area contributed by atoms with Crippen LogP contribution in [0.5, 0.6) is 0 Å². The minimum absolute atomic E-state index is 0.105. The summed E-state index contributed by atoms with van der Waals surface area (Å²) in [6, 6.07) is 0. The molecule has 12 heavy (non-hydrogen) atoms. The molecule has 0 aromatic rings. The lowest BCUT2D eigenvalue weighted by Crippen LogP contribution is -2.14. The normalized spacial score (nSPS) is 15.0. The van der Waals surface area contributed by atoms with Gasteiger partial charge in [0.2, 0.25) is 0 Å². The molecule has 0 rings (SSSR count). The van der Waals surface area contributed by atoms with E-state index in [0.717, 1.165) is 12.8 Å². The lowest BCUT2D eigenvalue weighted by Gasteiger charge is -2.21. The third-order valence-corrected chi connectivity index (χ3v) is 2.68. The van der Waals surface area contributed by atoms with Gasteiger partial charge in [0.15, 0.2) is 0 Å². The van der Waals surface area contributed by atoms with E-state index in [1.165, 1.54) is 5.57 Å². The Hall–Kier alpha value is -0.230. The van der Waals surface area contributed by atoms with Gasteiger partial charge >= 0.3 is 0 Å². The molecule has 0 fully saturated rings. The highest BCUT2D eigenvalue weighted by Crippen LogP contribution is 2.26. The molecule has 0 spiro atoms. The van der Waals surface area contributed by atoms with Gasteiger partial charge in [-0.2, -0.15) is 0 Å². The van der Waals surface area contributed by atoms with Crippen molar-refractivity contribution in [2.24, 2.45) is 5.41 Å². The summed E-state index contributed by atoms with van der Waals surface area (Å²) in [5.74, 6) is 0.660. The molecule has 0 aliphatic heterocycles. The van der Waals surface area contributed by atoms with Crippen LogP contribution in [0, 0.1) is 5.41 Å². The minimum atomic E-state index is 0.105. The second-order valence-electron chi connectivity index (χ2n) is 3.81. The van der Waals surface area contributed by atoms with Crippen molar-refractivity contribution in [2.75, 3.05) is 5.88 Å². The van der Waals surface area contributed by atoms with Gasteiger partial charge in [-0.15, -0.1) is 18.2 Å². The number of hydrogen-bond acceptors (Lipinski definition) is 0. The van der Waals surface area contributed by atoms with Gasteiger partial charge in [0, 0.05) is 5.88 Å². The van der Waals surface area contributed by atoms with E-state index in [2.05, 4.69) is 33.4 Å². The van der Waals surface area contributed by atoms with Crippen LogP contribution in [0.15, 0.2) is 24.3 Å². The van der Waals surface area contributed by atoms with Crippen molar-refractivity contribution >= 4 is 11.6 Å². The van der Waals surface area contributed by atoms with Gasteiger partial charge in [-0.3, -0.25) is 0 Å². The molecule has 0 N–H and O–H groups in total. The lowest BCUT2D eigenvalue weighted by molar-refractivity contribution is 0.449. The molecule has 0 nitrogen and oxygen atoms in total. The first-order valence-corrected chi connectivity index (χ1v) is 4.90. The number of rotatable bonds is 5. The fourth-order valence-corrected chi connectivity index (χ4v) is 1.16. The summed E-state index contributed by atoms with van der Waals surface area (Å²) >= 11 is 5.83. The van der Waals surface area contributed by atoms with Crippen LogP contribution >= 0.6 is 11.6 Å². The van der Waals surface area contributed by atoms with Crippen molar-refractivity contribution in [3.63, 3.8) is 0 Å². The highest BCUT2D eigenvalue weighted by atomic mass is 35.5. The Morgan fingerprint density at radius 3 is 2.42 bits per heavy atom. The number of halogens is 1. The molecular weight excluding hydrogens is 168 g/mol. The average molecular weight is 187 g/mol. The molecule has 70 valence electrons. The molecule has 0 aromatic heterocycles. The summed E-state index contributed by atoms with van der Waals surface area (Å²) in [7, 11) is 0. The SMILES string of the molecule is C=CC(C)(CCl)CCC=C(C)C. The van der Waals surface area contributed by atoms with E-state index in [9.17, 15) is 0 Å². The van der Waals surface area contributed by atoms with E-state index < -0.39 is 0 Å². The predicted molar refractivity (Wildman–Crippen MR) is 57.7 cm³/mol. The summed E-state index contributed by atoms with van der Waals surface area (Å²) in [4.78, 5) is 0. The number of hydrogen-bond donors (Lipinski definition) is 0. The molecule has 1 heteroatoms. The molecule has 0 amide bonds. The van der Waals surface area contributed by atoms with E-state index in [0.29, 0.717) is 5.88 Å². The predicted octanol–water partition coefficient (Wildman–Crippen LogP) is 4.16. The van der Waals surface area contributed by atoms with Gasteiger partial charge in [-0.05, 0) is 32.1 Å². The quantitative estimate of drug-likeness (QED) is 0.447. The smallest absolute Gasteiger partial charge is 0.0311 e. The Balaban J connectivity index is 3.89. The second kappa shape index (κ2) is 5.42. The van der Waals surface area contributed by atoms with E-state index in [1.54, 1.807) is 0 Å². The molecule has 0 heterocycles. The Labute approximate surface area is 81.3 Å². The van der Waals surface area contributed by atoms with Crippen molar-refractivity contribution in [1.29, 1.82) is 0 Å². The van der Waals surface area contributed by atoms with Crippen molar-refractivity contribution in [3.8, 4) is 0 Å². The van der Waals surface area contributed by atoms with Crippen LogP contribution in [0.25, 0.3) is 0 Å². The molecular formula is C11H19Cl. The maximum atomic E-state index is 5.83.